The zero-order valence-electron chi connectivity index (χ0n) is 19.8. The van der Waals surface area contributed by atoms with E-state index in [0.29, 0.717) is 6.61 Å². The van der Waals surface area contributed by atoms with Gasteiger partial charge in [-0.25, -0.2) is 0 Å². The third kappa shape index (κ3) is 10.4. The summed E-state index contributed by atoms with van der Waals surface area (Å²) in [5.41, 5.74) is 2.57. The molecule has 0 heterocycles. The highest BCUT2D eigenvalue weighted by atomic mass is 16.6. The van der Waals surface area contributed by atoms with Crippen LogP contribution in [0.3, 0.4) is 0 Å². The number of aliphatic hydroxyl groups is 3. The zero-order chi connectivity index (χ0) is 23.3. The molecule has 0 saturated heterocycles. The van der Waals surface area contributed by atoms with Gasteiger partial charge in [-0.3, -0.25) is 0 Å². The Morgan fingerprint density at radius 2 is 1.91 bits per heavy atom. The van der Waals surface area contributed by atoms with Crippen molar-refractivity contribution in [3.05, 3.63) is 41.5 Å². The van der Waals surface area contributed by atoms with Crippen molar-refractivity contribution in [2.75, 3.05) is 34.4 Å². The maximum Gasteiger partial charge on any atom is 0.155 e. The number of allylic oxidation sites excluding steroid dienone is 1. The van der Waals surface area contributed by atoms with Gasteiger partial charge in [0.05, 0.1) is 25.9 Å². The van der Waals surface area contributed by atoms with Gasteiger partial charge < -0.3 is 34.4 Å². The lowest BCUT2D eigenvalue weighted by Crippen LogP contribution is -2.33. The van der Waals surface area contributed by atoms with Crippen molar-refractivity contribution in [2.45, 2.75) is 76.2 Å². The Bertz CT molecular complexity index is 678. The van der Waals surface area contributed by atoms with Crippen LogP contribution in [-0.2, 0) is 15.9 Å². The molecule has 7 heteroatoms. The zero-order valence-corrected chi connectivity index (χ0v) is 19.8. The molecule has 1 aliphatic rings. The molecule has 0 saturated carbocycles. The van der Waals surface area contributed by atoms with E-state index >= 15 is 0 Å². The molecule has 32 heavy (non-hydrogen) atoms. The first kappa shape index (κ1) is 26.8. The molecule has 3 unspecified atom stereocenters. The molecule has 0 aliphatic heterocycles. The van der Waals surface area contributed by atoms with E-state index in [1.807, 2.05) is 26.2 Å². The van der Waals surface area contributed by atoms with E-state index < -0.39 is 12.6 Å². The van der Waals surface area contributed by atoms with E-state index in [0.717, 1.165) is 50.8 Å². The lowest BCUT2D eigenvalue weighted by Gasteiger charge is -2.29. The summed E-state index contributed by atoms with van der Waals surface area (Å²) in [6.45, 7) is 1.21. The standard InChI is InChI=1S/C25H41NO6/c1-26(2)16-15-22(32-25(29)14-13-24(27)28)18-31-23-10-5-4-8-20(23)12-11-19-7-6-9-21(17-19)30-3/h6-9,17,22-25,27-29H,4-5,10-16,18H2,1-3H3. The van der Waals surface area contributed by atoms with Crippen LogP contribution in [0.2, 0.25) is 0 Å². The largest absolute Gasteiger partial charge is 0.497 e. The monoisotopic (exact) mass is 451 g/mol. The van der Waals surface area contributed by atoms with Gasteiger partial charge in [0, 0.05) is 19.4 Å². The second-order valence-electron chi connectivity index (χ2n) is 8.75. The van der Waals surface area contributed by atoms with E-state index in [-0.39, 0.29) is 25.0 Å². The maximum atomic E-state index is 10.1. The molecule has 0 bridgehead atoms. The number of aryl methyl sites for hydroxylation is 1. The van der Waals surface area contributed by atoms with Crippen molar-refractivity contribution >= 4 is 0 Å². The van der Waals surface area contributed by atoms with Crippen LogP contribution >= 0.6 is 0 Å². The van der Waals surface area contributed by atoms with E-state index in [1.54, 1.807) is 7.11 Å². The Hall–Kier alpha value is -1.48. The first-order valence-electron chi connectivity index (χ1n) is 11.6. The van der Waals surface area contributed by atoms with Crippen LogP contribution in [0.4, 0.5) is 0 Å². The van der Waals surface area contributed by atoms with Gasteiger partial charge in [0.1, 0.15) is 5.75 Å². The van der Waals surface area contributed by atoms with Gasteiger partial charge in [-0.15, -0.1) is 0 Å². The fraction of sp³-hybridized carbons (Fsp3) is 0.680. The molecule has 0 amide bonds. The highest BCUT2D eigenvalue weighted by Gasteiger charge is 2.22. The predicted molar refractivity (Wildman–Crippen MR) is 124 cm³/mol. The highest BCUT2D eigenvalue weighted by molar-refractivity contribution is 5.29. The number of ether oxygens (including phenoxy) is 3. The average molecular weight is 452 g/mol. The molecular weight excluding hydrogens is 410 g/mol. The Balaban J connectivity index is 1.90. The molecule has 2 rings (SSSR count). The van der Waals surface area contributed by atoms with Crippen molar-refractivity contribution in [3.63, 3.8) is 0 Å². The SMILES string of the molecule is COc1cccc(CCC2=CCCCC2OCC(CCN(C)C)OC(O)CCC(O)O)c1. The van der Waals surface area contributed by atoms with Gasteiger partial charge in [-0.05, 0) is 75.9 Å². The van der Waals surface area contributed by atoms with Crippen LogP contribution < -0.4 is 4.74 Å². The summed E-state index contributed by atoms with van der Waals surface area (Å²) in [4.78, 5) is 2.07. The summed E-state index contributed by atoms with van der Waals surface area (Å²) in [6.07, 6.45) is 5.65. The van der Waals surface area contributed by atoms with Gasteiger partial charge in [0.2, 0.25) is 0 Å². The van der Waals surface area contributed by atoms with Gasteiger partial charge in [0.15, 0.2) is 12.6 Å². The molecule has 0 fully saturated rings. The van der Waals surface area contributed by atoms with E-state index in [4.69, 9.17) is 24.4 Å². The number of rotatable bonds is 15. The van der Waals surface area contributed by atoms with Crippen LogP contribution in [0.5, 0.6) is 5.75 Å². The molecule has 182 valence electrons. The molecular formula is C25H41NO6. The Labute approximate surface area is 192 Å². The van der Waals surface area contributed by atoms with Crippen LogP contribution in [0.25, 0.3) is 0 Å². The minimum atomic E-state index is -1.44. The minimum absolute atomic E-state index is 0.0659. The molecule has 0 radical (unpaired) electrons. The van der Waals surface area contributed by atoms with Gasteiger partial charge in [-0.1, -0.05) is 18.2 Å². The number of nitrogens with zero attached hydrogens (tertiary/aromatic N) is 1. The van der Waals surface area contributed by atoms with E-state index in [1.165, 1.54) is 11.1 Å². The second-order valence-corrected chi connectivity index (χ2v) is 8.75. The molecule has 3 atom stereocenters. The Morgan fingerprint density at radius 3 is 2.62 bits per heavy atom. The van der Waals surface area contributed by atoms with Crippen molar-refractivity contribution in [1.29, 1.82) is 0 Å². The minimum Gasteiger partial charge on any atom is -0.497 e. The summed E-state index contributed by atoms with van der Waals surface area (Å²) < 4.78 is 17.4. The third-order valence-electron chi connectivity index (χ3n) is 5.73. The summed E-state index contributed by atoms with van der Waals surface area (Å²) in [5, 5.41) is 28.2. The van der Waals surface area contributed by atoms with Crippen LogP contribution in [-0.4, -0.2) is 79.4 Å². The van der Waals surface area contributed by atoms with Crippen molar-refractivity contribution < 1.29 is 29.5 Å². The van der Waals surface area contributed by atoms with Crippen LogP contribution in [0.1, 0.15) is 50.5 Å². The number of hydrogen-bond acceptors (Lipinski definition) is 7. The second kappa shape index (κ2) is 14.6. The highest BCUT2D eigenvalue weighted by Crippen LogP contribution is 2.26. The van der Waals surface area contributed by atoms with Gasteiger partial charge in [0.25, 0.3) is 0 Å². The van der Waals surface area contributed by atoms with E-state index in [9.17, 15) is 5.11 Å². The average Bonchev–Trinajstić information content (AvgIpc) is 2.78. The topological polar surface area (TPSA) is 91.6 Å². The maximum absolute atomic E-state index is 10.1. The molecule has 1 aromatic carbocycles. The quantitative estimate of drug-likeness (QED) is 0.279. The fourth-order valence-corrected chi connectivity index (χ4v) is 3.88. The normalized spacial score (nSPS) is 18.6. The number of aliphatic hydroxyl groups excluding tert-OH is 2. The molecule has 0 spiro atoms. The smallest absolute Gasteiger partial charge is 0.155 e. The first-order chi connectivity index (χ1) is 15.4. The van der Waals surface area contributed by atoms with Crippen LogP contribution in [0, 0.1) is 0 Å². The summed E-state index contributed by atoms with van der Waals surface area (Å²) in [6, 6.07) is 8.18. The number of methoxy groups -OCH3 is 1. The van der Waals surface area contributed by atoms with Crippen LogP contribution in [0.15, 0.2) is 35.9 Å². The lowest BCUT2D eigenvalue weighted by atomic mass is 9.91. The number of hydrogen-bond donors (Lipinski definition) is 3. The van der Waals surface area contributed by atoms with Crippen molar-refractivity contribution in [3.8, 4) is 5.75 Å². The lowest BCUT2D eigenvalue weighted by molar-refractivity contribution is -0.170. The summed E-state index contributed by atoms with van der Waals surface area (Å²) >= 11 is 0. The van der Waals surface area contributed by atoms with Crippen molar-refractivity contribution in [2.24, 2.45) is 0 Å². The fourth-order valence-electron chi connectivity index (χ4n) is 3.88. The summed E-state index contributed by atoms with van der Waals surface area (Å²) in [5.74, 6) is 0.876. The molecule has 3 N–H and O–H groups in total. The number of benzene rings is 1. The molecule has 0 aromatic heterocycles. The Morgan fingerprint density at radius 1 is 1.09 bits per heavy atom. The summed E-state index contributed by atoms with van der Waals surface area (Å²) in [7, 11) is 5.68. The first-order valence-corrected chi connectivity index (χ1v) is 11.6. The Kier molecular flexibility index (Phi) is 12.2. The molecule has 1 aliphatic carbocycles. The van der Waals surface area contributed by atoms with E-state index in [2.05, 4.69) is 23.1 Å². The predicted octanol–water partition coefficient (Wildman–Crippen LogP) is 2.87. The van der Waals surface area contributed by atoms with Gasteiger partial charge >= 0.3 is 0 Å². The third-order valence-corrected chi connectivity index (χ3v) is 5.73. The van der Waals surface area contributed by atoms with Crippen molar-refractivity contribution in [1.82, 2.24) is 4.90 Å². The molecule has 7 nitrogen and oxygen atoms in total. The van der Waals surface area contributed by atoms with Gasteiger partial charge in [-0.2, -0.15) is 0 Å². The molecule has 1 aromatic rings.